The van der Waals surface area contributed by atoms with Gasteiger partial charge in [-0.05, 0) is 58.6 Å². The van der Waals surface area contributed by atoms with Crippen LogP contribution in [0.1, 0.15) is 30.2 Å². The molecule has 1 aromatic carbocycles. The lowest BCUT2D eigenvalue weighted by atomic mass is 9.83. The van der Waals surface area contributed by atoms with Crippen molar-refractivity contribution in [2.45, 2.75) is 18.9 Å². The average molecular weight is 363 g/mol. The van der Waals surface area contributed by atoms with E-state index in [2.05, 4.69) is 28.7 Å². The number of anilines is 1. The van der Waals surface area contributed by atoms with Crippen molar-refractivity contribution in [3.05, 3.63) is 64.0 Å². The van der Waals surface area contributed by atoms with E-state index in [9.17, 15) is 4.79 Å². The van der Waals surface area contributed by atoms with E-state index in [1.807, 2.05) is 35.7 Å². The van der Waals surface area contributed by atoms with Gasteiger partial charge in [-0.15, -0.1) is 0 Å². The lowest BCUT2D eigenvalue weighted by Gasteiger charge is -2.32. The predicted molar refractivity (Wildman–Crippen MR) is 101 cm³/mol. The smallest absolute Gasteiger partial charge is 0.250 e. The Morgan fingerprint density at radius 3 is 2.88 bits per heavy atom. The van der Waals surface area contributed by atoms with Crippen LogP contribution in [0.25, 0.3) is 11.3 Å². The molecule has 0 saturated heterocycles. The van der Waals surface area contributed by atoms with Gasteiger partial charge in [0.25, 0.3) is 0 Å². The number of hydrogen-bond donors (Lipinski definition) is 2. The number of amides is 1. The minimum Gasteiger partial charge on any atom is -0.356 e. The number of nitriles is 1. The van der Waals surface area contributed by atoms with Crippen LogP contribution in [0.4, 0.5) is 5.69 Å². The van der Waals surface area contributed by atoms with Crippen LogP contribution in [0.5, 0.6) is 0 Å². The number of nitrogens with one attached hydrogen (secondary N) is 2. The molecule has 5 nitrogen and oxygen atoms in total. The van der Waals surface area contributed by atoms with E-state index in [4.69, 9.17) is 10.00 Å². The molecular formula is C20H17N3O2S. The Bertz CT molecular complexity index is 1000. The number of rotatable bonds is 3. The van der Waals surface area contributed by atoms with Gasteiger partial charge >= 0.3 is 0 Å². The van der Waals surface area contributed by atoms with E-state index in [0.717, 1.165) is 28.1 Å². The second-order valence-electron chi connectivity index (χ2n) is 6.19. The third-order valence-corrected chi connectivity index (χ3v) is 5.46. The average Bonchev–Trinajstić information content (AvgIpc) is 3.33. The Morgan fingerprint density at radius 1 is 1.31 bits per heavy atom. The Morgan fingerprint density at radius 2 is 2.19 bits per heavy atom. The molecule has 4 rings (SSSR count). The number of hydrogen-bond acceptors (Lipinski definition) is 4. The second kappa shape index (κ2) is 6.45. The van der Waals surface area contributed by atoms with E-state index >= 15 is 0 Å². The maximum atomic E-state index is 12.1. The summed E-state index contributed by atoms with van der Waals surface area (Å²) >= 11 is 1.61. The first-order valence-electron chi connectivity index (χ1n) is 8.37. The van der Waals surface area contributed by atoms with E-state index in [1.54, 1.807) is 17.4 Å². The van der Waals surface area contributed by atoms with Crippen molar-refractivity contribution < 1.29 is 9.53 Å². The Labute approximate surface area is 155 Å². The number of ether oxygens (including phenoxy) is 1. The largest absolute Gasteiger partial charge is 0.356 e. The van der Waals surface area contributed by atoms with Crippen molar-refractivity contribution in [3.8, 4) is 17.3 Å². The first-order chi connectivity index (χ1) is 12.7. The number of aromatic amines is 1. The molecule has 0 bridgehead atoms. The second-order valence-corrected chi connectivity index (χ2v) is 6.97. The molecule has 1 aliphatic rings. The monoisotopic (exact) mass is 363 g/mol. The molecule has 0 saturated carbocycles. The molecular weight excluding hydrogens is 346 g/mol. The maximum absolute atomic E-state index is 12.1. The molecule has 3 heterocycles. The maximum Gasteiger partial charge on any atom is 0.250 e. The van der Waals surface area contributed by atoms with Gasteiger partial charge in [0.05, 0.1) is 0 Å². The van der Waals surface area contributed by atoms with Gasteiger partial charge in [-0.2, -0.15) is 16.6 Å². The molecule has 1 amide bonds. The van der Waals surface area contributed by atoms with Crippen molar-refractivity contribution in [2.75, 3.05) is 11.9 Å². The molecule has 1 atom stereocenters. The predicted octanol–water partition coefficient (Wildman–Crippen LogP) is 4.24. The summed E-state index contributed by atoms with van der Waals surface area (Å²) in [5.41, 5.74) is 4.36. The number of fused-ring (bicyclic) bond motifs is 1. The molecule has 0 radical (unpaired) electrons. The van der Waals surface area contributed by atoms with Gasteiger partial charge in [-0.25, -0.2) is 0 Å². The summed E-state index contributed by atoms with van der Waals surface area (Å²) < 4.78 is 6.17. The highest BCUT2D eigenvalue weighted by Crippen LogP contribution is 2.44. The summed E-state index contributed by atoms with van der Waals surface area (Å²) in [6.45, 7) is 2.07. The van der Waals surface area contributed by atoms with Crippen LogP contribution in [-0.2, 0) is 15.1 Å². The van der Waals surface area contributed by atoms with Crippen molar-refractivity contribution >= 4 is 22.9 Å². The van der Waals surface area contributed by atoms with Crippen LogP contribution in [-0.4, -0.2) is 17.5 Å². The van der Waals surface area contributed by atoms with Gasteiger partial charge in [-0.3, -0.25) is 4.79 Å². The van der Waals surface area contributed by atoms with Gasteiger partial charge in [0.15, 0.2) is 0 Å². The van der Waals surface area contributed by atoms with Crippen molar-refractivity contribution in [1.82, 2.24) is 4.98 Å². The van der Waals surface area contributed by atoms with Crippen LogP contribution in [0.2, 0.25) is 0 Å². The van der Waals surface area contributed by atoms with Crippen LogP contribution < -0.4 is 5.32 Å². The SMILES string of the molecule is CCC1(c2ccsc2)OCC(=O)Nc2ccc(-c3ccc(C#N)[nH]3)cc21. The summed E-state index contributed by atoms with van der Waals surface area (Å²) in [6.07, 6.45) is 0.698. The minimum absolute atomic E-state index is 0.00871. The van der Waals surface area contributed by atoms with Gasteiger partial charge in [0, 0.05) is 16.9 Å². The number of carbonyl (C=O) groups excluding carboxylic acids is 1. The molecule has 2 aromatic heterocycles. The van der Waals surface area contributed by atoms with E-state index in [1.165, 1.54) is 0 Å². The first-order valence-corrected chi connectivity index (χ1v) is 9.31. The standard InChI is InChI=1S/C20H17N3O2S/c1-2-20(14-7-8-26-12-14)16-9-13(17-6-4-15(10-21)22-17)3-5-18(16)23-19(24)11-25-20/h3-9,12,22H,2,11H2,1H3,(H,23,24). The number of benzene rings is 1. The van der Waals surface area contributed by atoms with Gasteiger partial charge in [0.1, 0.15) is 24.0 Å². The highest BCUT2D eigenvalue weighted by Gasteiger charge is 2.39. The van der Waals surface area contributed by atoms with Gasteiger partial charge in [0.2, 0.25) is 5.91 Å². The van der Waals surface area contributed by atoms with Gasteiger partial charge in [-0.1, -0.05) is 13.0 Å². The zero-order chi connectivity index (χ0) is 18.1. The molecule has 3 aromatic rings. The number of H-pyrrole nitrogens is 1. The lowest BCUT2D eigenvalue weighted by Crippen LogP contribution is -2.30. The van der Waals surface area contributed by atoms with Crippen LogP contribution in [0, 0.1) is 11.3 Å². The molecule has 0 aliphatic carbocycles. The van der Waals surface area contributed by atoms with E-state index in [-0.39, 0.29) is 12.5 Å². The van der Waals surface area contributed by atoms with Crippen molar-refractivity contribution in [2.24, 2.45) is 0 Å². The normalized spacial score (nSPS) is 19.3. The molecule has 1 aliphatic heterocycles. The third kappa shape index (κ3) is 2.62. The highest BCUT2D eigenvalue weighted by molar-refractivity contribution is 7.08. The summed E-state index contributed by atoms with van der Waals surface area (Å²) in [6, 6.07) is 13.7. The molecule has 26 heavy (non-hydrogen) atoms. The Hall–Kier alpha value is -2.88. The number of thiophene rings is 1. The first kappa shape index (κ1) is 16.6. The zero-order valence-electron chi connectivity index (χ0n) is 14.2. The van der Waals surface area contributed by atoms with Crippen molar-refractivity contribution in [1.29, 1.82) is 5.26 Å². The topological polar surface area (TPSA) is 77.9 Å². The minimum atomic E-state index is -0.685. The van der Waals surface area contributed by atoms with Crippen LogP contribution >= 0.6 is 11.3 Å². The Kier molecular flexibility index (Phi) is 4.11. The van der Waals surface area contributed by atoms with E-state index < -0.39 is 5.60 Å². The molecule has 6 heteroatoms. The molecule has 1 unspecified atom stereocenters. The summed E-state index contributed by atoms with van der Waals surface area (Å²) in [4.78, 5) is 15.2. The fourth-order valence-corrected chi connectivity index (χ4v) is 4.19. The Balaban J connectivity index is 1.91. The summed E-state index contributed by atoms with van der Waals surface area (Å²) in [7, 11) is 0. The fourth-order valence-electron chi connectivity index (χ4n) is 3.47. The summed E-state index contributed by atoms with van der Waals surface area (Å²) in [5.74, 6) is -0.156. The van der Waals surface area contributed by atoms with Crippen molar-refractivity contribution in [3.63, 3.8) is 0 Å². The lowest BCUT2D eigenvalue weighted by molar-refractivity contribution is -0.125. The number of aromatic nitrogens is 1. The van der Waals surface area contributed by atoms with Crippen LogP contribution in [0.15, 0.2) is 47.2 Å². The molecule has 0 spiro atoms. The third-order valence-electron chi connectivity index (χ3n) is 4.78. The number of carbonyl (C=O) groups is 1. The van der Waals surface area contributed by atoms with E-state index in [0.29, 0.717) is 12.1 Å². The molecule has 0 fully saturated rings. The summed E-state index contributed by atoms with van der Waals surface area (Å²) in [5, 5.41) is 16.1. The van der Waals surface area contributed by atoms with Gasteiger partial charge < -0.3 is 15.0 Å². The molecule has 2 N–H and O–H groups in total. The highest BCUT2D eigenvalue weighted by atomic mass is 32.1. The zero-order valence-corrected chi connectivity index (χ0v) is 15.0. The quantitative estimate of drug-likeness (QED) is 0.731. The number of nitrogens with zero attached hydrogens (tertiary/aromatic N) is 1. The molecule has 130 valence electrons. The van der Waals surface area contributed by atoms with Crippen LogP contribution in [0.3, 0.4) is 0 Å². The fraction of sp³-hybridized carbons (Fsp3) is 0.200.